The molecule has 20 heavy (non-hydrogen) atoms. The van der Waals surface area contributed by atoms with Crippen LogP contribution in [0, 0.1) is 0 Å². The molecule has 0 saturated heterocycles. The third-order valence-electron chi connectivity index (χ3n) is 3.92. The molecule has 2 heteroatoms. The van der Waals surface area contributed by atoms with Gasteiger partial charge in [-0.05, 0) is 47.0 Å². The molecule has 4 rings (SSSR count). The summed E-state index contributed by atoms with van der Waals surface area (Å²) in [6.45, 7) is 0. The fourth-order valence-corrected chi connectivity index (χ4v) is 3.59. The maximum Gasteiger partial charge on any atom is 0.0679 e. The normalized spacial score (nSPS) is 14.9. The summed E-state index contributed by atoms with van der Waals surface area (Å²) in [5.41, 5.74) is 3.93. The van der Waals surface area contributed by atoms with Crippen molar-refractivity contribution in [3.63, 3.8) is 0 Å². The Morgan fingerprint density at radius 1 is 0.950 bits per heavy atom. The van der Waals surface area contributed by atoms with Gasteiger partial charge in [-0.3, -0.25) is 0 Å². The highest BCUT2D eigenvalue weighted by Crippen LogP contribution is 2.37. The smallest absolute Gasteiger partial charge is 0.0679 e. The second kappa shape index (κ2) is 4.64. The van der Waals surface area contributed by atoms with Gasteiger partial charge in [0.05, 0.1) is 11.0 Å². The highest BCUT2D eigenvalue weighted by Gasteiger charge is 2.15. The number of aromatic nitrogens is 1. The van der Waals surface area contributed by atoms with Gasteiger partial charge in [0.2, 0.25) is 0 Å². The van der Waals surface area contributed by atoms with Gasteiger partial charge in [0.1, 0.15) is 0 Å². The number of allylic oxidation sites excluding steroid dienone is 4. The van der Waals surface area contributed by atoms with E-state index in [1.54, 1.807) is 0 Å². The molecule has 98 valence electrons. The number of benzene rings is 2. The van der Waals surface area contributed by atoms with Gasteiger partial charge in [-0.15, -0.1) is 0 Å². The molecule has 1 heterocycles. The van der Waals surface area contributed by atoms with Crippen molar-refractivity contribution < 1.29 is 0 Å². The highest BCUT2D eigenvalue weighted by molar-refractivity contribution is 9.10. The van der Waals surface area contributed by atoms with Crippen molar-refractivity contribution in [3.05, 3.63) is 65.2 Å². The summed E-state index contributed by atoms with van der Waals surface area (Å²) in [6.07, 6.45) is 8.83. The van der Waals surface area contributed by atoms with Crippen LogP contribution in [0.2, 0.25) is 0 Å². The van der Waals surface area contributed by atoms with Gasteiger partial charge >= 0.3 is 0 Å². The van der Waals surface area contributed by atoms with Crippen LogP contribution in [0.4, 0.5) is 0 Å². The zero-order valence-electron chi connectivity index (χ0n) is 11.0. The van der Waals surface area contributed by atoms with Gasteiger partial charge in [0.15, 0.2) is 0 Å². The lowest BCUT2D eigenvalue weighted by Crippen LogP contribution is -1.99. The highest BCUT2D eigenvalue weighted by atomic mass is 79.9. The molecule has 1 nitrogen and oxygen atoms in total. The molecule has 0 bridgehead atoms. The number of rotatable bonds is 1. The Morgan fingerprint density at radius 2 is 1.80 bits per heavy atom. The number of halogens is 1. The van der Waals surface area contributed by atoms with Gasteiger partial charge in [-0.1, -0.05) is 42.5 Å². The molecular formula is C18H14BrN. The van der Waals surface area contributed by atoms with Crippen LogP contribution in [-0.2, 0) is 0 Å². The lowest BCUT2D eigenvalue weighted by molar-refractivity contribution is 0.978. The first-order chi connectivity index (χ1) is 9.86. The van der Waals surface area contributed by atoms with E-state index in [9.17, 15) is 0 Å². The molecule has 2 aromatic carbocycles. The van der Waals surface area contributed by atoms with E-state index >= 15 is 0 Å². The predicted octanol–water partition coefficient (Wildman–Crippen LogP) is 5.75. The van der Waals surface area contributed by atoms with Gasteiger partial charge in [0.25, 0.3) is 0 Å². The molecular weight excluding hydrogens is 310 g/mol. The summed E-state index contributed by atoms with van der Waals surface area (Å²) in [7, 11) is 0. The third kappa shape index (κ3) is 1.68. The molecule has 1 aromatic heterocycles. The average molecular weight is 324 g/mol. The Labute approximate surface area is 126 Å². The van der Waals surface area contributed by atoms with E-state index in [0.29, 0.717) is 0 Å². The third-order valence-corrected chi connectivity index (χ3v) is 4.56. The van der Waals surface area contributed by atoms with Crippen LogP contribution in [0.5, 0.6) is 0 Å². The first-order valence-corrected chi connectivity index (χ1v) is 7.69. The van der Waals surface area contributed by atoms with E-state index in [4.69, 9.17) is 0 Å². The van der Waals surface area contributed by atoms with Crippen molar-refractivity contribution in [2.45, 2.75) is 12.8 Å². The van der Waals surface area contributed by atoms with Crippen LogP contribution in [-0.4, -0.2) is 4.57 Å². The quantitative estimate of drug-likeness (QED) is 0.537. The Balaban J connectivity index is 2.20. The molecule has 0 fully saturated rings. The van der Waals surface area contributed by atoms with E-state index in [0.717, 1.165) is 17.3 Å². The molecule has 0 N–H and O–H groups in total. The molecule has 0 radical (unpaired) electrons. The van der Waals surface area contributed by atoms with Crippen molar-refractivity contribution in [1.29, 1.82) is 0 Å². The second-order valence-electron chi connectivity index (χ2n) is 5.11. The minimum Gasteiger partial charge on any atom is -0.312 e. The van der Waals surface area contributed by atoms with E-state index < -0.39 is 0 Å². The Morgan fingerprint density at radius 3 is 2.65 bits per heavy atom. The first-order valence-electron chi connectivity index (χ1n) is 6.90. The SMILES string of the molecule is Brc1cccc2c3ccccc3n(C3=CC=CCC3)c12. The summed E-state index contributed by atoms with van der Waals surface area (Å²) >= 11 is 3.73. The van der Waals surface area contributed by atoms with Gasteiger partial charge < -0.3 is 4.57 Å². The maximum absolute atomic E-state index is 3.73. The van der Waals surface area contributed by atoms with Crippen LogP contribution in [0.15, 0.2) is 65.2 Å². The summed E-state index contributed by atoms with van der Waals surface area (Å²) in [5.74, 6) is 0. The van der Waals surface area contributed by atoms with E-state index in [1.165, 1.54) is 27.5 Å². The predicted molar refractivity (Wildman–Crippen MR) is 89.8 cm³/mol. The number of fused-ring (bicyclic) bond motifs is 3. The molecule has 1 aliphatic rings. The first kappa shape index (κ1) is 12.0. The second-order valence-corrected chi connectivity index (χ2v) is 5.97. The van der Waals surface area contributed by atoms with Crippen LogP contribution < -0.4 is 0 Å². The van der Waals surface area contributed by atoms with Crippen LogP contribution in [0.25, 0.3) is 27.5 Å². The van der Waals surface area contributed by atoms with Crippen molar-refractivity contribution in [3.8, 4) is 0 Å². The van der Waals surface area contributed by atoms with Gasteiger partial charge in [-0.2, -0.15) is 0 Å². The number of nitrogens with zero attached hydrogens (tertiary/aromatic N) is 1. The Kier molecular flexibility index (Phi) is 2.78. The van der Waals surface area contributed by atoms with E-state index in [1.807, 2.05) is 0 Å². The largest absolute Gasteiger partial charge is 0.312 e. The number of para-hydroxylation sites is 2. The lowest BCUT2D eigenvalue weighted by Gasteiger charge is -2.14. The summed E-state index contributed by atoms with van der Waals surface area (Å²) in [5, 5.41) is 2.63. The standard InChI is InChI=1S/C18H14BrN/c19-16-11-6-10-15-14-9-4-5-12-17(14)20(18(15)16)13-7-2-1-3-8-13/h1-2,4-7,9-12H,3,8H2. The lowest BCUT2D eigenvalue weighted by atomic mass is 10.1. The molecule has 0 atom stereocenters. The fraction of sp³-hybridized carbons (Fsp3) is 0.111. The molecule has 0 aliphatic heterocycles. The molecule has 0 saturated carbocycles. The van der Waals surface area contributed by atoms with Gasteiger partial charge in [-0.25, -0.2) is 0 Å². The van der Waals surface area contributed by atoms with Crippen molar-refractivity contribution in [1.82, 2.24) is 4.57 Å². The summed E-state index contributed by atoms with van der Waals surface area (Å²) in [6, 6.07) is 15.1. The van der Waals surface area contributed by atoms with Crippen molar-refractivity contribution in [2.24, 2.45) is 0 Å². The van der Waals surface area contributed by atoms with Gasteiger partial charge in [0, 0.05) is 20.9 Å². The monoisotopic (exact) mass is 323 g/mol. The number of hydrogen-bond donors (Lipinski definition) is 0. The number of hydrogen-bond acceptors (Lipinski definition) is 0. The summed E-state index contributed by atoms with van der Waals surface area (Å²) in [4.78, 5) is 0. The minimum absolute atomic E-state index is 1.09. The average Bonchev–Trinajstić information content (AvgIpc) is 2.84. The molecule has 0 spiro atoms. The molecule has 1 aliphatic carbocycles. The van der Waals surface area contributed by atoms with Crippen LogP contribution in [0.1, 0.15) is 12.8 Å². The zero-order valence-corrected chi connectivity index (χ0v) is 12.6. The zero-order chi connectivity index (χ0) is 13.5. The van der Waals surface area contributed by atoms with Crippen molar-refractivity contribution >= 4 is 43.4 Å². The molecule has 0 unspecified atom stereocenters. The topological polar surface area (TPSA) is 4.93 Å². The van der Waals surface area contributed by atoms with E-state index in [-0.39, 0.29) is 0 Å². The fourth-order valence-electron chi connectivity index (χ4n) is 3.05. The molecule has 0 amide bonds. The van der Waals surface area contributed by atoms with Crippen molar-refractivity contribution in [2.75, 3.05) is 0 Å². The summed E-state index contributed by atoms with van der Waals surface area (Å²) < 4.78 is 3.56. The minimum atomic E-state index is 1.09. The van der Waals surface area contributed by atoms with Crippen LogP contribution in [0.3, 0.4) is 0 Å². The van der Waals surface area contributed by atoms with Crippen LogP contribution >= 0.6 is 15.9 Å². The maximum atomic E-state index is 3.73. The Bertz CT molecular complexity index is 868. The van der Waals surface area contributed by atoms with E-state index in [2.05, 4.69) is 81.2 Å². The molecule has 3 aromatic rings. The Hall–Kier alpha value is -1.80.